The molecule has 2 aromatic heterocycles. The molecular formula is C8H6IN3S. The zero-order chi connectivity index (χ0) is 9.26. The molecule has 3 nitrogen and oxygen atoms in total. The van der Waals surface area contributed by atoms with E-state index in [2.05, 4.69) is 43.0 Å². The quantitative estimate of drug-likeness (QED) is 0.760. The van der Waals surface area contributed by atoms with E-state index in [4.69, 9.17) is 0 Å². The van der Waals surface area contributed by atoms with E-state index in [1.807, 2.05) is 19.3 Å². The first-order valence-electron chi connectivity index (χ1n) is 3.67. The minimum atomic E-state index is 0.791. The molecule has 0 aromatic carbocycles. The second-order valence-corrected chi connectivity index (χ2v) is 4.34. The van der Waals surface area contributed by atoms with Gasteiger partial charge < -0.3 is 0 Å². The van der Waals surface area contributed by atoms with Gasteiger partial charge in [-0.15, -0.1) is 0 Å². The average molecular weight is 303 g/mol. The summed E-state index contributed by atoms with van der Waals surface area (Å²) in [5.41, 5.74) is 2.18. The summed E-state index contributed by atoms with van der Waals surface area (Å²) < 4.78 is 4.90. The van der Waals surface area contributed by atoms with Crippen molar-refractivity contribution in [3.63, 3.8) is 0 Å². The predicted octanol–water partition coefficient (Wildman–Crippen LogP) is 2.51. The fraction of sp³-hybridized carbons (Fsp3) is 0.125. The summed E-state index contributed by atoms with van der Waals surface area (Å²) in [5, 5.41) is 0.931. The molecule has 0 fully saturated rings. The summed E-state index contributed by atoms with van der Waals surface area (Å²) >= 11 is 3.51. The molecular weight excluding hydrogens is 297 g/mol. The lowest BCUT2D eigenvalue weighted by molar-refractivity contribution is 1.23. The van der Waals surface area contributed by atoms with Crippen LogP contribution in [0.25, 0.3) is 10.6 Å². The van der Waals surface area contributed by atoms with Gasteiger partial charge in [0.05, 0.1) is 0 Å². The van der Waals surface area contributed by atoms with E-state index in [0.717, 1.165) is 20.0 Å². The predicted molar refractivity (Wildman–Crippen MR) is 60.6 cm³/mol. The molecule has 5 heteroatoms. The molecule has 0 bridgehead atoms. The molecule has 0 saturated carbocycles. The molecule has 0 saturated heterocycles. The van der Waals surface area contributed by atoms with Crippen molar-refractivity contribution in [1.29, 1.82) is 0 Å². The van der Waals surface area contributed by atoms with Crippen molar-refractivity contribution in [3.8, 4) is 10.6 Å². The molecule has 0 amide bonds. The molecule has 0 radical (unpaired) electrons. The number of nitrogens with zero attached hydrogens (tertiary/aromatic N) is 3. The molecule has 0 aliphatic carbocycles. The maximum absolute atomic E-state index is 4.28. The fourth-order valence-electron chi connectivity index (χ4n) is 0.995. The van der Waals surface area contributed by atoms with Crippen LogP contribution in [0, 0.1) is 10.8 Å². The van der Waals surface area contributed by atoms with Crippen molar-refractivity contribution in [3.05, 3.63) is 27.9 Å². The summed E-state index contributed by atoms with van der Waals surface area (Å²) in [5.74, 6) is 0. The molecule has 0 spiro atoms. The number of rotatable bonds is 1. The molecule has 2 aromatic rings. The first-order chi connectivity index (χ1) is 6.25. The van der Waals surface area contributed by atoms with Crippen LogP contribution >= 0.6 is 34.1 Å². The van der Waals surface area contributed by atoms with Crippen molar-refractivity contribution >= 4 is 34.1 Å². The van der Waals surface area contributed by atoms with Crippen molar-refractivity contribution in [2.45, 2.75) is 6.92 Å². The number of hydrogen-bond acceptors (Lipinski definition) is 4. The van der Waals surface area contributed by atoms with Gasteiger partial charge in [0.15, 0.2) is 0 Å². The van der Waals surface area contributed by atoms with Crippen LogP contribution in [0.5, 0.6) is 0 Å². The SMILES string of the molecule is Cc1cncc(-c2nc(I)ns2)c1. The second-order valence-electron chi connectivity index (χ2n) is 2.62. The van der Waals surface area contributed by atoms with Gasteiger partial charge in [-0.3, -0.25) is 4.98 Å². The summed E-state index contributed by atoms with van der Waals surface area (Å²) in [7, 11) is 0. The summed E-state index contributed by atoms with van der Waals surface area (Å²) in [6.45, 7) is 2.02. The van der Waals surface area contributed by atoms with E-state index in [-0.39, 0.29) is 0 Å². The Morgan fingerprint density at radius 1 is 1.38 bits per heavy atom. The zero-order valence-electron chi connectivity index (χ0n) is 6.86. The highest BCUT2D eigenvalue weighted by Gasteiger charge is 2.04. The minimum absolute atomic E-state index is 0.791. The number of pyridine rings is 1. The Morgan fingerprint density at radius 2 is 2.23 bits per heavy atom. The third kappa shape index (κ3) is 2.02. The summed E-state index contributed by atoms with van der Waals surface area (Å²) in [6, 6.07) is 2.06. The first kappa shape index (κ1) is 9.01. The third-order valence-corrected chi connectivity index (χ3v) is 3.10. The normalized spacial score (nSPS) is 10.3. The van der Waals surface area contributed by atoms with Crippen LogP contribution in [-0.4, -0.2) is 14.3 Å². The summed E-state index contributed by atoms with van der Waals surface area (Å²) in [6.07, 6.45) is 3.64. The van der Waals surface area contributed by atoms with Crippen molar-refractivity contribution in [2.24, 2.45) is 0 Å². The van der Waals surface area contributed by atoms with Crippen LogP contribution in [0.1, 0.15) is 5.56 Å². The van der Waals surface area contributed by atoms with Crippen LogP contribution in [0.4, 0.5) is 0 Å². The van der Waals surface area contributed by atoms with Crippen LogP contribution in [0.15, 0.2) is 18.5 Å². The van der Waals surface area contributed by atoms with Gasteiger partial charge in [0.25, 0.3) is 0 Å². The molecule has 0 aliphatic rings. The van der Waals surface area contributed by atoms with Gasteiger partial charge in [0, 0.05) is 40.5 Å². The highest BCUT2D eigenvalue weighted by Crippen LogP contribution is 2.21. The van der Waals surface area contributed by atoms with Crippen LogP contribution in [0.3, 0.4) is 0 Å². The van der Waals surface area contributed by atoms with Crippen molar-refractivity contribution in [2.75, 3.05) is 0 Å². The van der Waals surface area contributed by atoms with E-state index in [1.165, 1.54) is 11.5 Å². The number of hydrogen-bond donors (Lipinski definition) is 0. The van der Waals surface area contributed by atoms with Gasteiger partial charge in [-0.2, -0.15) is 4.37 Å². The Kier molecular flexibility index (Phi) is 2.54. The molecule has 0 atom stereocenters. The Labute approximate surface area is 93.6 Å². The molecule has 2 rings (SSSR count). The van der Waals surface area contributed by atoms with Gasteiger partial charge >= 0.3 is 0 Å². The van der Waals surface area contributed by atoms with Crippen molar-refractivity contribution < 1.29 is 0 Å². The van der Waals surface area contributed by atoms with Crippen LogP contribution < -0.4 is 0 Å². The third-order valence-electron chi connectivity index (χ3n) is 1.52. The van der Waals surface area contributed by atoms with Crippen LogP contribution in [-0.2, 0) is 0 Å². The minimum Gasteiger partial charge on any atom is -0.264 e. The Morgan fingerprint density at radius 3 is 2.85 bits per heavy atom. The molecule has 0 unspecified atom stereocenters. The molecule has 66 valence electrons. The van der Waals surface area contributed by atoms with E-state index in [9.17, 15) is 0 Å². The standard InChI is InChI=1S/C8H6IN3S/c1-5-2-6(4-10-3-5)7-11-8(9)12-13-7/h2-4H,1H3. The fourth-order valence-corrected chi connectivity index (χ4v) is 2.24. The zero-order valence-corrected chi connectivity index (χ0v) is 9.83. The van der Waals surface area contributed by atoms with E-state index < -0.39 is 0 Å². The lowest BCUT2D eigenvalue weighted by atomic mass is 10.2. The largest absolute Gasteiger partial charge is 0.264 e. The van der Waals surface area contributed by atoms with Gasteiger partial charge in [0.1, 0.15) is 5.01 Å². The average Bonchev–Trinajstić information content (AvgIpc) is 2.52. The maximum Gasteiger partial charge on any atom is 0.203 e. The van der Waals surface area contributed by atoms with E-state index in [0.29, 0.717) is 0 Å². The van der Waals surface area contributed by atoms with E-state index in [1.54, 1.807) is 0 Å². The smallest absolute Gasteiger partial charge is 0.203 e. The topological polar surface area (TPSA) is 38.7 Å². The second kappa shape index (κ2) is 3.67. The monoisotopic (exact) mass is 303 g/mol. The van der Waals surface area contributed by atoms with Gasteiger partial charge in [-0.1, -0.05) is 0 Å². The van der Waals surface area contributed by atoms with Gasteiger partial charge in [0.2, 0.25) is 3.83 Å². The van der Waals surface area contributed by atoms with Gasteiger partial charge in [-0.25, -0.2) is 4.98 Å². The number of aromatic nitrogens is 3. The highest BCUT2D eigenvalue weighted by atomic mass is 127. The Bertz CT molecular complexity index is 427. The van der Waals surface area contributed by atoms with Crippen LogP contribution in [0.2, 0.25) is 0 Å². The Hall–Kier alpha value is -0.560. The maximum atomic E-state index is 4.28. The Balaban J connectivity index is 2.46. The van der Waals surface area contributed by atoms with Gasteiger partial charge in [-0.05, 0) is 30.1 Å². The lowest BCUT2D eigenvalue weighted by Crippen LogP contribution is -1.81. The van der Waals surface area contributed by atoms with Crippen molar-refractivity contribution in [1.82, 2.24) is 14.3 Å². The molecule has 13 heavy (non-hydrogen) atoms. The first-order valence-corrected chi connectivity index (χ1v) is 5.52. The summed E-state index contributed by atoms with van der Waals surface area (Å²) in [4.78, 5) is 8.38. The lowest BCUT2D eigenvalue weighted by Gasteiger charge is -1.94. The number of halogens is 1. The number of aryl methyl sites for hydroxylation is 1. The van der Waals surface area contributed by atoms with E-state index >= 15 is 0 Å². The molecule has 0 N–H and O–H groups in total. The molecule has 2 heterocycles. The highest BCUT2D eigenvalue weighted by molar-refractivity contribution is 14.1. The molecule has 0 aliphatic heterocycles.